The highest BCUT2D eigenvalue weighted by Crippen LogP contribution is 2.30. The smallest absolute Gasteiger partial charge is 0.410 e. The van der Waals surface area contributed by atoms with Crippen molar-refractivity contribution in [2.24, 2.45) is 0 Å². The Kier molecular flexibility index (Phi) is 7.55. The number of nitrogens with zero attached hydrogens (tertiary/aromatic N) is 2. The van der Waals surface area contributed by atoms with E-state index in [1.54, 1.807) is 12.0 Å². The molecule has 150 valence electrons. The number of benzene rings is 2. The van der Waals surface area contributed by atoms with Crippen LogP contribution in [0.15, 0.2) is 59.5 Å². The standard InChI is InChI=1S/C20H25N3O4S/c1-26-21-18-9-5-6-10-19(18)28-23-12-11-22(13-17(24)14-23)20(25)27-15-16-7-3-2-4-8-16/h2-10,17,21,24H,11-15H2,1H3. The molecule has 1 fully saturated rings. The maximum Gasteiger partial charge on any atom is 0.410 e. The predicted molar refractivity (Wildman–Crippen MR) is 109 cm³/mol. The van der Waals surface area contributed by atoms with Gasteiger partial charge in [-0.1, -0.05) is 42.5 Å². The van der Waals surface area contributed by atoms with Crippen LogP contribution < -0.4 is 5.48 Å². The van der Waals surface area contributed by atoms with Crippen LogP contribution in [-0.4, -0.2) is 59.8 Å². The van der Waals surface area contributed by atoms with Gasteiger partial charge in [-0.25, -0.2) is 9.10 Å². The van der Waals surface area contributed by atoms with Crippen LogP contribution in [0, 0.1) is 0 Å². The molecule has 1 aliphatic heterocycles. The number of para-hydroxylation sites is 1. The Bertz CT molecular complexity index is 762. The van der Waals surface area contributed by atoms with E-state index < -0.39 is 12.2 Å². The molecule has 1 amide bonds. The van der Waals surface area contributed by atoms with Crippen LogP contribution in [0.3, 0.4) is 0 Å². The third-order valence-corrected chi connectivity index (χ3v) is 5.40. The summed E-state index contributed by atoms with van der Waals surface area (Å²) in [6, 6.07) is 17.3. The van der Waals surface area contributed by atoms with Crippen molar-refractivity contribution in [3.05, 3.63) is 60.2 Å². The molecule has 8 heteroatoms. The number of hydrogen-bond acceptors (Lipinski definition) is 7. The molecule has 0 bridgehead atoms. The number of ether oxygens (including phenoxy) is 1. The van der Waals surface area contributed by atoms with Crippen molar-refractivity contribution in [1.29, 1.82) is 0 Å². The average molecular weight is 404 g/mol. The molecule has 1 heterocycles. The molecule has 0 aliphatic carbocycles. The molecule has 3 rings (SSSR count). The van der Waals surface area contributed by atoms with E-state index >= 15 is 0 Å². The molecular formula is C20H25N3O4S. The van der Waals surface area contributed by atoms with Crippen LogP contribution in [-0.2, 0) is 16.2 Å². The number of anilines is 1. The van der Waals surface area contributed by atoms with Gasteiger partial charge in [-0.3, -0.25) is 10.3 Å². The summed E-state index contributed by atoms with van der Waals surface area (Å²) in [5.74, 6) is 0. The highest BCUT2D eigenvalue weighted by atomic mass is 32.2. The number of carbonyl (C=O) groups excluding carboxylic acids is 1. The highest BCUT2D eigenvalue weighted by molar-refractivity contribution is 7.97. The number of amides is 1. The fourth-order valence-electron chi connectivity index (χ4n) is 2.90. The van der Waals surface area contributed by atoms with Gasteiger partial charge in [0, 0.05) is 24.5 Å². The van der Waals surface area contributed by atoms with Gasteiger partial charge in [-0.05, 0) is 29.6 Å². The summed E-state index contributed by atoms with van der Waals surface area (Å²) in [6.07, 6.45) is -1.06. The van der Waals surface area contributed by atoms with Gasteiger partial charge in [0.25, 0.3) is 0 Å². The Morgan fingerprint density at radius 2 is 1.89 bits per heavy atom. The monoisotopic (exact) mass is 403 g/mol. The Hall–Kier alpha value is -2.26. The van der Waals surface area contributed by atoms with Crippen LogP contribution >= 0.6 is 11.9 Å². The van der Waals surface area contributed by atoms with Crippen LogP contribution in [0.5, 0.6) is 0 Å². The van der Waals surface area contributed by atoms with E-state index in [9.17, 15) is 9.90 Å². The largest absolute Gasteiger partial charge is 0.445 e. The molecule has 1 atom stereocenters. The van der Waals surface area contributed by atoms with Crippen LogP contribution in [0.2, 0.25) is 0 Å². The second kappa shape index (κ2) is 10.3. The molecular weight excluding hydrogens is 378 g/mol. The van der Waals surface area contributed by atoms with Crippen LogP contribution in [0.4, 0.5) is 10.5 Å². The molecule has 1 unspecified atom stereocenters. The van der Waals surface area contributed by atoms with E-state index in [0.29, 0.717) is 19.6 Å². The van der Waals surface area contributed by atoms with Crippen molar-refractivity contribution in [2.45, 2.75) is 17.6 Å². The number of nitrogens with one attached hydrogen (secondary N) is 1. The van der Waals surface area contributed by atoms with Crippen molar-refractivity contribution in [3.8, 4) is 0 Å². The second-order valence-corrected chi connectivity index (χ2v) is 7.56. The highest BCUT2D eigenvalue weighted by Gasteiger charge is 2.26. The number of β-amino-alcohol motifs (C(OH)–C–C–N with tert-alkyl or cyclic N) is 1. The van der Waals surface area contributed by atoms with Crippen molar-refractivity contribution >= 4 is 23.7 Å². The quantitative estimate of drug-likeness (QED) is 0.567. The fourth-order valence-corrected chi connectivity index (χ4v) is 3.95. The zero-order chi connectivity index (χ0) is 19.8. The lowest BCUT2D eigenvalue weighted by Crippen LogP contribution is -2.38. The SMILES string of the molecule is CONc1ccccc1SN1CCN(C(=O)OCc2ccccc2)CC(O)C1. The van der Waals surface area contributed by atoms with Crippen molar-refractivity contribution in [3.63, 3.8) is 0 Å². The van der Waals surface area contributed by atoms with Crippen molar-refractivity contribution in [1.82, 2.24) is 9.21 Å². The fraction of sp³-hybridized carbons (Fsp3) is 0.350. The first-order valence-corrected chi connectivity index (χ1v) is 9.87. The van der Waals surface area contributed by atoms with E-state index in [1.165, 1.54) is 11.9 Å². The Balaban J connectivity index is 1.56. The lowest BCUT2D eigenvalue weighted by Gasteiger charge is -2.21. The summed E-state index contributed by atoms with van der Waals surface area (Å²) in [5, 5.41) is 10.4. The van der Waals surface area contributed by atoms with Crippen molar-refractivity contribution < 1.29 is 19.5 Å². The van der Waals surface area contributed by atoms with Gasteiger partial charge >= 0.3 is 6.09 Å². The Morgan fingerprint density at radius 3 is 2.68 bits per heavy atom. The summed E-state index contributed by atoms with van der Waals surface area (Å²) in [5.41, 5.74) is 4.65. The van der Waals surface area contributed by atoms with Crippen LogP contribution in [0.25, 0.3) is 0 Å². The maximum absolute atomic E-state index is 12.4. The predicted octanol–water partition coefficient (Wildman–Crippen LogP) is 2.98. The van der Waals surface area contributed by atoms with E-state index in [2.05, 4.69) is 5.48 Å². The average Bonchev–Trinajstić information content (AvgIpc) is 2.90. The second-order valence-electron chi connectivity index (χ2n) is 6.42. The third-order valence-electron chi connectivity index (χ3n) is 4.25. The minimum absolute atomic E-state index is 0.223. The molecule has 2 aromatic carbocycles. The number of hydrogen-bond donors (Lipinski definition) is 2. The summed E-state index contributed by atoms with van der Waals surface area (Å²) in [6.45, 7) is 2.03. The third kappa shape index (κ3) is 5.87. The molecule has 1 aliphatic rings. The molecule has 1 saturated heterocycles. The van der Waals surface area contributed by atoms with E-state index in [-0.39, 0.29) is 13.2 Å². The van der Waals surface area contributed by atoms with Gasteiger partial charge < -0.3 is 14.7 Å². The number of carbonyl (C=O) groups is 1. The zero-order valence-corrected chi connectivity index (χ0v) is 16.6. The van der Waals surface area contributed by atoms with Gasteiger partial charge in [0.15, 0.2) is 0 Å². The molecule has 2 N–H and O–H groups in total. The minimum atomic E-state index is -0.651. The van der Waals surface area contributed by atoms with E-state index in [4.69, 9.17) is 9.57 Å². The number of aliphatic hydroxyl groups is 1. The van der Waals surface area contributed by atoms with Gasteiger partial charge in [0.1, 0.15) is 6.61 Å². The molecule has 7 nitrogen and oxygen atoms in total. The van der Waals surface area contributed by atoms with Crippen molar-refractivity contribution in [2.75, 3.05) is 38.8 Å². The maximum atomic E-state index is 12.4. The molecule has 0 saturated carbocycles. The van der Waals surface area contributed by atoms with Gasteiger partial charge in [-0.2, -0.15) is 0 Å². The topological polar surface area (TPSA) is 74.3 Å². The number of aliphatic hydroxyl groups excluding tert-OH is 1. The Labute approximate surface area is 169 Å². The van der Waals surface area contributed by atoms with Gasteiger partial charge in [0.2, 0.25) is 0 Å². The zero-order valence-electron chi connectivity index (χ0n) is 15.8. The summed E-state index contributed by atoms with van der Waals surface area (Å²) in [7, 11) is 1.57. The summed E-state index contributed by atoms with van der Waals surface area (Å²) < 4.78 is 7.45. The first kappa shape index (κ1) is 20.5. The molecule has 0 aromatic heterocycles. The van der Waals surface area contributed by atoms with Gasteiger partial charge in [0.05, 0.1) is 25.4 Å². The minimum Gasteiger partial charge on any atom is -0.445 e. The first-order chi connectivity index (χ1) is 13.7. The summed E-state index contributed by atoms with van der Waals surface area (Å²) >= 11 is 1.52. The lowest BCUT2D eigenvalue weighted by molar-refractivity contribution is 0.0771. The summed E-state index contributed by atoms with van der Waals surface area (Å²) in [4.78, 5) is 20.0. The first-order valence-electron chi connectivity index (χ1n) is 9.10. The van der Waals surface area contributed by atoms with E-state index in [1.807, 2.05) is 58.9 Å². The Morgan fingerprint density at radius 1 is 1.14 bits per heavy atom. The molecule has 0 spiro atoms. The lowest BCUT2D eigenvalue weighted by atomic mass is 10.2. The van der Waals surface area contributed by atoms with Crippen LogP contribution in [0.1, 0.15) is 5.56 Å². The molecule has 0 radical (unpaired) electrons. The van der Waals surface area contributed by atoms with Gasteiger partial charge in [-0.15, -0.1) is 0 Å². The molecule has 2 aromatic rings. The normalized spacial score (nSPS) is 17.8. The van der Waals surface area contributed by atoms with E-state index in [0.717, 1.165) is 16.1 Å². The molecule has 28 heavy (non-hydrogen) atoms. The number of rotatable bonds is 6.